The number of aryl methyl sites for hydroxylation is 2. The maximum Gasteiger partial charge on any atom is 0.261 e. The van der Waals surface area contributed by atoms with Gasteiger partial charge in [-0.2, -0.15) is 0 Å². The molecule has 0 saturated heterocycles. The summed E-state index contributed by atoms with van der Waals surface area (Å²) < 4.78 is 0. The molecular formula is C16H25NO2S. The summed E-state index contributed by atoms with van der Waals surface area (Å²) in [6, 6.07) is 2.05. The summed E-state index contributed by atoms with van der Waals surface area (Å²) >= 11 is 1.64. The zero-order valence-electron chi connectivity index (χ0n) is 12.4. The highest BCUT2D eigenvalue weighted by atomic mass is 32.1. The van der Waals surface area contributed by atoms with Crippen molar-refractivity contribution in [1.29, 1.82) is 0 Å². The van der Waals surface area contributed by atoms with Crippen LogP contribution in [-0.2, 0) is 12.8 Å². The molecule has 1 heterocycles. The molecule has 1 saturated carbocycles. The molecule has 1 aromatic rings. The van der Waals surface area contributed by atoms with Crippen LogP contribution in [0.15, 0.2) is 6.07 Å². The van der Waals surface area contributed by atoms with E-state index in [1.54, 1.807) is 11.3 Å². The van der Waals surface area contributed by atoms with Crippen LogP contribution in [0, 0.1) is 5.92 Å². The second-order valence-corrected chi connectivity index (χ2v) is 6.84. The molecule has 1 amide bonds. The van der Waals surface area contributed by atoms with Crippen molar-refractivity contribution in [3.8, 4) is 0 Å². The van der Waals surface area contributed by atoms with Crippen LogP contribution in [0.1, 0.15) is 59.6 Å². The van der Waals surface area contributed by atoms with Crippen molar-refractivity contribution in [2.24, 2.45) is 5.92 Å². The summed E-state index contributed by atoms with van der Waals surface area (Å²) in [7, 11) is 0. The van der Waals surface area contributed by atoms with Gasteiger partial charge in [0.05, 0.1) is 11.0 Å². The van der Waals surface area contributed by atoms with Crippen molar-refractivity contribution < 1.29 is 9.90 Å². The number of amides is 1. The summed E-state index contributed by atoms with van der Waals surface area (Å²) in [6.45, 7) is 5.01. The summed E-state index contributed by atoms with van der Waals surface area (Å²) in [5, 5.41) is 12.5. The zero-order valence-corrected chi connectivity index (χ0v) is 13.3. The molecule has 2 atom stereocenters. The van der Waals surface area contributed by atoms with Gasteiger partial charge in [0.2, 0.25) is 0 Å². The van der Waals surface area contributed by atoms with Gasteiger partial charge in [0.25, 0.3) is 5.91 Å². The third kappa shape index (κ3) is 3.83. The van der Waals surface area contributed by atoms with E-state index in [1.807, 2.05) is 0 Å². The van der Waals surface area contributed by atoms with Crippen molar-refractivity contribution >= 4 is 17.2 Å². The Balaban J connectivity index is 1.91. The molecule has 1 fully saturated rings. The monoisotopic (exact) mass is 295 g/mol. The molecular weight excluding hydrogens is 270 g/mol. The van der Waals surface area contributed by atoms with E-state index in [1.165, 1.54) is 10.4 Å². The highest BCUT2D eigenvalue weighted by Crippen LogP contribution is 2.26. The van der Waals surface area contributed by atoms with Crippen LogP contribution in [0.3, 0.4) is 0 Å². The number of aliphatic hydroxyl groups is 1. The number of hydrogen-bond acceptors (Lipinski definition) is 3. The predicted octanol–water partition coefficient (Wildman–Crippen LogP) is 3.15. The number of carbonyl (C=O) groups excluding carboxylic acids is 1. The third-order valence-electron chi connectivity index (χ3n) is 4.04. The van der Waals surface area contributed by atoms with Gasteiger partial charge < -0.3 is 10.4 Å². The molecule has 1 aliphatic rings. The van der Waals surface area contributed by atoms with E-state index in [4.69, 9.17) is 0 Å². The Morgan fingerprint density at radius 2 is 2.25 bits per heavy atom. The van der Waals surface area contributed by atoms with Gasteiger partial charge in [-0.15, -0.1) is 11.3 Å². The predicted molar refractivity (Wildman–Crippen MR) is 83.4 cm³/mol. The maximum absolute atomic E-state index is 12.2. The lowest BCUT2D eigenvalue weighted by molar-refractivity contribution is 0.0949. The Bertz CT molecular complexity index is 455. The lowest BCUT2D eigenvalue weighted by Crippen LogP contribution is -2.28. The van der Waals surface area contributed by atoms with Crippen LogP contribution >= 0.6 is 11.3 Å². The molecule has 112 valence electrons. The van der Waals surface area contributed by atoms with Gasteiger partial charge in [-0.3, -0.25) is 4.79 Å². The van der Waals surface area contributed by atoms with Crippen molar-refractivity contribution in [2.45, 2.75) is 58.5 Å². The molecule has 20 heavy (non-hydrogen) atoms. The molecule has 1 aromatic heterocycles. The highest BCUT2D eigenvalue weighted by molar-refractivity contribution is 7.14. The molecule has 0 aliphatic heterocycles. The summed E-state index contributed by atoms with van der Waals surface area (Å²) in [5.41, 5.74) is 1.32. The van der Waals surface area contributed by atoms with Crippen molar-refractivity contribution in [1.82, 2.24) is 5.32 Å². The molecule has 3 nitrogen and oxygen atoms in total. The van der Waals surface area contributed by atoms with Gasteiger partial charge in [-0.25, -0.2) is 0 Å². The number of nitrogens with one attached hydrogen (secondary N) is 1. The second-order valence-electron chi connectivity index (χ2n) is 5.71. The van der Waals surface area contributed by atoms with E-state index < -0.39 is 0 Å². The Labute approximate surface area is 125 Å². The Morgan fingerprint density at radius 1 is 1.45 bits per heavy atom. The smallest absolute Gasteiger partial charge is 0.261 e. The Hall–Kier alpha value is -0.870. The topological polar surface area (TPSA) is 49.3 Å². The van der Waals surface area contributed by atoms with Crippen LogP contribution in [0.5, 0.6) is 0 Å². The SMILES string of the molecule is CCCc1sc(C(=O)NCC2CCC(O)C2)cc1CC. The van der Waals surface area contributed by atoms with E-state index in [0.29, 0.717) is 12.5 Å². The summed E-state index contributed by atoms with van der Waals surface area (Å²) in [6.07, 6.45) is 5.74. The Kier molecular flexibility index (Phi) is 5.61. The molecule has 0 bridgehead atoms. The van der Waals surface area contributed by atoms with Gasteiger partial charge in [0, 0.05) is 11.4 Å². The van der Waals surface area contributed by atoms with Crippen molar-refractivity contribution in [3.63, 3.8) is 0 Å². The normalized spacial score (nSPS) is 22.1. The van der Waals surface area contributed by atoms with Crippen LogP contribution in [0.25, 0.3) is 0 Å². The van der Waals surface area contributed by atoms with Crippen molar-refractivity contribution in [2.75, 3.05) is 6.54 Å². The molecule has 4 heteroatoms. The molecule has 1 aliphatic carbocycles. The van der Waals surface area contributed by atoms with Crippen molar-refractivity contribution in [3.05, 3.63) is 21.4 Å². The van der Waals surface area contributed by atoms with E-state index >= 15 is 0 Å². The van der Waals surface area contributed by atoms with Crippen LogP contribution in [-0.4, -0.2) is 23.7 Å². The fourth-order valence-electron chi connectivity index (χ4n) is 2.87. The first kappa shape index (κ1) is 15.5. The second kappa shape index (κ2) is 7.23. The number of carbonyl (C=O) groups is 1. The zero-order chi connectivity index (χ0) is 14.5. The minimum atomic E-state index is -0.165. The van der Waals surface area contributed by atoms with E-state index in [0.717, 1.165) is 43.4 Å². The lowest BCUT2D eigenvalue weighted by Gasteiger charge is -2.09. The van der Waals surface area contributed by atoms with Gasteiger partial charge >= 0.3 is 0 Å². The molecule has 0 radical (unpaired) electrons. The Morgan fingerprint density at radius 3 is 2.85 bits per heavy atom. The first-order chi connectivity index (χ1) is 9.63. The van der Waals surface area contributed by atoms with Gasteiger partial charge in [-0.1, -0.05) is 20.3 Å². The van der Waals surface area contributed by atoms with Crippen LogP contribution in [0.2, 0.25) is 0 Å². The number of rotatable bonds is 6. The van der Waals surface area contributed by atoms with Crippen LogP contribution < -0.4 is 5.32 Å². The number of thiophene rings is 1. The summed E-state index contributed by atoms with van der Waals surface area (Å²) in [5.74, 6) is 0.489. The standard InChI is InChI=1S/C16H25NO2S/c1-3-5-14-12(4-2)9-15(20-14)16(19)17-10-11-6-7-13(18)8-11/h9,11,13,18H,3-8,10H2,1-2H3,(H,17,19). The minimum absolute atomic E-state index is 0.0495. The highest BCUT2D eigenvalue weighted by Gasteiger charge is 2.23. The van der Waals surface area contributed by atoms with Gasteiger partial charge in [0.1, 0.15) is 0 Å². The average Bonchev–Trinajstić information content (AvgIpc) is 3.03. The fraction of sp³-hybridized carbons (Fsp3) is 0.688. The first-order valence-corrected chi connectivity index (χ1v) is 8.53. The van der Waals surface area contributed by atoms with Crippen LogP contribution in [0.4, 0.5) is 0 Å². The third-order valence-corrected chi connectivity index (χ3v) is 5.28. The number of hydrogen-bond donors (Lipinski definition) is 2. The van der Waals surface area contributed by atoms with E-state index in [9.17, 15) is 9.90 Å². The fourth-order valence-corrected chi connectivity index (χ4v) is 4.15. The maximum atomic E-state index is 12.2. The molecule has 2 N–H and O–H groups in total. The van der Waals surface area contributed by atoms with E-state index in [2.05, 4.69) is 25.2 Å². The molecule has 0 aromatic carbocycles. The first-order valence-electron chi connectivity index (χ1n) is 7.71. The molecule has 2 rings (SSSR count). The van der Waals surface area contributed by atoms with Gasteiger partial charge in [0.15, 0.2) is 0 Å². The molecule has 0 spiro atoms. The quantitative estimate of drug-likeness (QED) is 0.847. The molecule has 2 unspecified atom stereocenters. The largest absolute Gasteiger partial charge is 0.393 e. The minimum Gasteiger partial charge on any atom is -0.393 e. The summed E-state index contributed by atoms with van der Waals surface area (Å²) in [4.78, 5) is 14.4. The number of aliphatic hydroxyl groups excluding tert-OH is 1. The van der Waals surface area contributed by atoms with Gasteiger partial charge in [-0.05, 0) is 49.7 Å². The average molecular weight is 295 g/mol. The lowest BCUT2D eigenvalue weighted by atomic mass is 10.1. The van der Waals surface area contributed by atoms with E-state index in [-0.39, 0.29) is 12.0 Å².